The molecule has 1 unspecified atom stereocenters. The summed E-state index contributed by atoms with van der Waals surface area (Å²) in [5, 5.41) is 6.09. The summed E-state index contributed by atoms with van der Waals surface area (Å²) in [6.07, 6.45) is 5.31. The minimum absolute atomic E-state index is 0. The lowest BCUT2D eigenvalue weighted by Gasteiger charge is -2.11. The fraction of sp³-hybridized carbons (Fsp3) is 0.250. The summed E-state index contributed by atoms with van der Waals surface area (Å²) in [5.74, 6) is 1.48. The van der Waals surface area contributed by atoms with Gasteiger partial charge in [-0.3, -0.25) is 9.78 Å². The van der Waals surface area contributed by atoms with Gasteiger partial charge < -0.3 is 15.4 Å². The van der Waals surface area contributed by atoms with Gasteiger partial charge in [0.05, 0.1) is 6.04 Å². The van der Waals surface area contributed by atoms with Crippen molar-refractivity contribution in [3.05, 3.63) is 48.8 Å². The van der Waals surface area contributed by atoms with Crippen LogP contribution in [0.5, 0.6) is 11.5 Å². The molecule has 5 nitrogen and oxygen atoms in total. The van der Waals surface area contributed by atoms with E-state index in [9.17, 15) is 4.79 Å². The number of amides is 1. The number of nitrogens with zero attached hydrogens (tertiary/aromatic N) is 1. The van der Waals surface area contributed by atoms with Crippen LogP contribution in [0.3, 0.4) is 0 Å². The summed E-state index contributed by atoms with van der Waals surface area (Å²) in [6.45, 7) is 0.913. The van der Waals surface area contributed by atoms with Gasteiger partial charge in [-0.2, -0.15) is 0 Å². The monoisotopic (exact) mass is 319 g/mol. The first-order chi connectivity index (χ1) is 10.3. The van der Waals surface area contributed by atoms with E-state index in [1.807, 2.05) is 24.3 Å². The molecule has 1 aromatic heterocycles. The predicted molar refractivity (Wildman–Crippen MR) is 87.7 cm³/mol. The van der Waals surface area contributed by atoms with Crippen molar-refractivity contribution < 1.29 is 9.53 Å². The van der Waals surface area contributed by atoms with E-state index >= 15 is 0 Å². The third kappa shape index (κ3) is 4.19. The first kappa shape index (κ1) is 16.3. The highest BCUT2D eigenvalue weighted by Crippen LogP contribution is 2.22. The van der Waals surface area contributed by atoms with Gasteiger partial charge in [0.15, 0.2) is 0 Å². The Morgan fingerprint density at radius 3 is 2.45 bits per heavy atom. The molecule has 1 fully saturated rings. The summed E-state index contributed by atoms with van der Waals surface area (Å²) < 4.78 is 5.67. The molecule has 2 N–H and O–H groups in total. The van der Waals surface area contributed by atoms with E-state index in [1.165, 1.54) is 0 Å². The van der Waals surface area contributed by atoms with Crippen molar-refractivity contribution in [1.29, 1.82) is 0 Å². The molecule has 0 spiro atoms. The lowest BCUT2D eigenvalue weighted by atomic mass is 10.2. The van der Waals surface area contributed by atoms with Crippen molar-refractivity contribution in [3.63, 3.8) is 0 Å². The Balaban J connectivity index is 0.00000176. The SMILES string of the molecule is Cl.O=C(Nc1ccc(Oc2ccncc2)cc1)C1CCCN1. The fourth-order valence-electron chi connectivity index (χ4n) is 2.29. The quantitative estimate of drug-likeness (QED) is 0.909. The Labute approximate surface area is 135 Å². The normalized spacial score (nSPS) is 16.6. The minimum Gasteiger partial charge on any atom is -0.457 e. The smallest absolute Gasteiger partial charge is 0.241 e. The van der Waals surface area contributed by atoms with Crippen LogP contribution in [0, 0.1) is 0 Å². The minimum atomic E-state index is -0.0715. The van der Waals surface area contributed by atoms with Gasteiger partial charge in [-0.15, -0.1) is 12.4 Å². The summed E-state index contributed by atoms with van der Waals surface area (Å²) in [4.78, 5) is 15.9. The number of rotatable bonds is 4. The number of carbonyl (C=O) groups excluding carboxylic acids is 1. The second kappa shape index (κ2) is 7.77. The largest absolute Gasteiger partial charge is 0.457 e. The van der Waals surface area contributed by atoms with Crippen LogP contribution in [0.1, 0.15) is 12.8 Å². The van der Waals surface area contributed by atoms with Crippen molar-refractivity contribution in [3.8, 4) is 11.5 Å². The Morgan fingerprint density at radius 2 is 1.82 bits per heavy atom. The van der Waals surface area contributed by atoms with Crippen molar-refractivity contribution in [2.24, 2.45) is 0 Å². The lowest BCUT2D eigenvalue weighted by Crippen LogP contribution is -2.35. The molecule has 2 aromatic rings. The van der Waals surface area contributed by atoms with Gasteiger partial charge in [0.2, 0.25) is 5.91 Å². The molecule has 2 heterocycles. The van der Waals surface area contributed by atoms with Gasteiger partial charge in [-0.05, 0) is 55.8 Å². The highest BCUT2D eigenvalue weighted by molar-refractivity contribution is 5.95. The second-order valence-electron chi connectivity index (χ2n) is 4.95. The highest BCUT2D eigenvalue weighted by Gasteiger charge is 2.21. The van der Waals surface area contributed by atoms with E-state index in [1.54, 1.807) is 24.5 Å². The summed E-state index contributed by atoms with van der Waals surface area (Å²) >= 11 is 0. The maximum atomic E-state index is 12.0. The van der Waals surface area contributed by atoms with Gasteiger partial charge in [0, 0.05) is 18.1 Å². The molecule has 0 radical (unpaired) electrons. The van der Waals surface area contributed by atoms with Crippen LogP contribution < -0.4 is 15.4 Å². The molecule has 0 saturated carbocycles. The number of anilines is 1. The number of nitrogens with one attached hydrogen (secondary N) is 2. The number of halogens is 1. The molecule has 1 aliphatic rings. The van der Waals surface area contributed by atoms with E-state index in [4.69, 9.17) is 4.74 Å². The van der Waals surface area contributed by atoms with Crippen LogP contribution >= 0.6 is 12.4 Å². The topological polar surface area (TPSA) is 63.2 Å². The zero-order chi connectivity index (χ0) is 14.5. The van der Waals surface area contributed by atoms with Gasteiger partial charge in [0.1, 0.15) is 11.5 Å². The molecule has 1 atom stereocenters. The molecular weight excluding hydrogens is 302 g/mol. The Kier molecular flexibility index (Phi) is 5.75. The summed E-state index contributed by atoms with van der Waals surface area (Å²) in [7, 11) is 0. The number of aromatic nitrogens is 1. The molecule has 1 saturated heterocycles. The van der Waals surface area contributed by atoms with E-state index in [-0.39, 0.29) is 24.4 Å². The number of ether oxygens (including phenoxy) is 1. The molecular formula is C16H18ClN3O2. The standard InChI is InChI=1S/C16H17N3O2.ClH/c20-16(15-2-1-9-18-15)19-12-3-5-13(6-4-12)21-14-7-10-17-11-8-14;/h3-8,10-11,15,18H,1-2,9H2,(H,19,20);1H. The maximum absolute atomic E-state index is 12.0. The zero-order valence-corrected chi connectivity index (χ0v) is 12.8. The molecule has 0 bridgehead atoms. The van der Waals surface area contributed by atoms with E-state index in [2.05, 4.69) is 15.6 Å². The summed E-state index contributed by atoms with van der Waals surface area (Å²) in [6, 6.07) is 10.9. The van der Waals surface area contributed by atoms with Gasteiger partial charge in [0.25, 0.3) is 0 Å². The number of benzene rings is 1. The number of hydrogen-bond acceptors (Lipinski definition) is 4. The van der Waals surface area contributed by atoms with Crippen LogP contribution in [0.4, 0.5) is 5.69 Å². The summed E-state index contributed by atoms with van der Waals surface area (Å²) in [5.41, 5.74) is 0.774. The van der Waals surface area contributed by atoms with Crippen molar-refractivity contribution in [2.75, 3.05) is 11.9 Å². The highest BCUT2D eigenvalue weighted by atomic mass is 35.5. The molecule has 1 aromatic carbocycles. The average Bonchev–Trinajstić information content (AvgIpc) is 3.05. The molecule has 3 rings (SSSR count). The third-order valence-corrected chi connectivity index (χ3v) is 3.38. The van der Waals surface area contributed by atoms with Gasteiger partial charge >= 0.3 is 0 Å². The number of hydrogen-bond donors (Lipinski definition) is 2. The van der Waals surface area contributed by atoms with E-state index in [0.717, 1.165) is 36.6 Å². The lowest BCUT2D eigenvalue weighted by molar-refractivity contribution is -0.117. The molecule has 116 valence electrons. The Bertz CT molecular complexity index is 599. The van der Waals surface area contributed by atoms with Gasteiger partial charge in [-0.25, -0.2) is 0 Å². The van der Waals surface area contributed by atoms with Crippen LogP contribution in [-0.2, 0) is 4.79 Å². The third-order valence-electron chi connectivity index (χ3n) is 3.38. The molecule has 1 amide bonds. The first-order valence-corrected chi connectivity index (χ1v) is 7.03. The molecule has 0 aliphatic carbocycles. The number of carbonyl (C=O) groups is 1. The van der Waals surface area contributed by atoms with E-state index in [0.29, 0.717) is 0 Å². The predicted octanol–water partition coefficient (Wildman–Crippen LogP) is 2.99. The Morgan fingerprint density at radius 1 is 1.14 bits per heavy atom. The van der Waals surface area contributed by atoms with Crippen molar-refractivity contribution in [1.82, 2.24) is 10.3 Å². The van der Waals surface area contributed by atoms with E-state index < -0.39 is 0 Å². The van der Waals surface area contributed by atoms with Crippen LogP contribution in [0.2, 0.25) is 0 Å². The van der Waals surface area contributed by atoms with Crippen LogP contribution in [0.15, 0.2) is 48.8 Å². The van der Waals surface area contributed by atoms with Crippen LogP contribution in [-0.4, -0.2) is 23.5 Å². The maximum Gasteiger partial charge on any atom is 0.241 e. The van der Waals surface area contributed by atoms with Crippen molar-refractivity contribution >= 4 is 24.0 Å². The number of pyridine rings is 1. The van der Waals surface area contributed by atoms with Crippen LogP contribution in [0.25, 0.3) is 0 Å². The molecule has 6 heteroatoms. The second-order valence-corrected chi connectivity index (χ2v) is 4.95. The molecule has 22 heavy (non-hydrogen) atoms. The zero-order valence-electron chi connectivity index (χ0n) is 12.0. The first-order valence-electron chi connectivity index (χ1n) is 7.03. The average molecular weight is 320 g/mol. The molecule has 1 aliphatic heterocycles. The fourth-order valence-corrected chi connectivity index (χ4v) is 2.29. The van der Waals surface area contributed by atoms with Crippen molar-refractivity contribution in [2.45, 2.75) is 18.9 Å². The Hall–Kier alpha value is -2.11. The van der Waals surface area contributed by atoms with Gasteiger partial charge in [-0.1, -0.05) is 0 Å².